The molecule has 27 heavy (non-hydrogen) atoms. The maximum absolute atomic E-state index is 10.8. The molecule has 2 aromatic heterocycles. The molecule has 0 bridgehead atoms. The van der Waals surface area contributed by atoms with Crippen LogP contribution >= 0.6 is 0 Å². The summed E-state index contributed by atoms with van der Waals surface area (Å²) in [6.07, 6.45) is 3.60. The molecular formula is C21H22N4O2. The van der Waals surface area contributed by atoms with E-state index < -0.39 is 0 Å². The minimum atomic E-state index is 0.364. The Morgan fingerprint density at radius 2 is 1.48 bits per heavy atom. The molecule has 2 heterocycles. The van der Waals surface area contributed by atoms with Gasteiger partial charge in [0.25, 0.3) is 0 Å². The topological polar surface area (TPSA) is 67.7 Å². The first-order valence-electron chi connectivity index (χ1n) is 8.86. The highest BCUT2D eigenvalue weighted by atomic mass is 16.5. The molecule has 0 aliphatic rings. The van der Waals surface area contributed by atoms with Crippen molar-refractivity contribution in [2.75, 3.05) is 13.2 Å². The van der Waals surface area contributed by atoms with E-state index in [1.54, 1.807) is 24.5 Å². The molecule has 0 aliphatic carbocycles. The van der Waals surface area contributed by atoms with Gasteiger partial charge in [-0.2, -0.15) is 0 Å². The van der Waals surface area contributed by atoms with Gasteiger partial charge < -0.3 is 4.74 Å². The van der Waals surface area contributed by atoms with Crippen molar-refractivity contribution in [2.24, 2.45) is 5.18 Å². The molecule has 3 rings (SSSR count). The fraction of sp³-hybridized carbons (Fsp3) is 0.238. The SMILES string of the molecule is O=Nc1ccccc1COCCN(Cc1ccccn1)Cc1ccccn1. The van der Waals surface area contributed by atoms with Crippen LogP contribution in [0.1, 0.15) is 17.0 Å². The average molecular weight is 362 g/mol. The molecule has 6 heteroatoms. The zero-order valence-electron chi connectivity index (χ0n) is 15.1. The van der Waals surface area contributed by atoms with Crippen molar-refractivity contribution in [1.29, 1.82) is 0 Å². The lowest BCUT2D eigenvalue weighted by Crippen LogP contribution is -2.27. The van der Waals surface area contributed by atoms with E-state index in [-0.39, 0.29) is 0 Å². The fourth-order valence-electron chi connectivity index (χ4n) is 2.75. The molecule has 0 radical (unpaired) electrons. The van der Waals surface area contributed by atoms with Crippen LogP contribution in [-0.4, -0.2) is 28.0 Å². The van der Waals surface area contributed by atoms with E-state index in [9.17, 15) is 4.91 Å². The van der Waals surface area contributed by atoms with Gasteiger partial charge >= 0.3 is 0 Å². The summed E-state index contributed by atoms with van der Waals surface area (Å²) in [6, 6.07) is 19.0. The highest BCUT2D eigenvalue weighted by molar-refractivity contribution is 5.44. The molecule has 6 nitrogen and oxygen atoms in total. The van der Waals surface area contributed by atoms with Crippen molar-refractivity contribution in [2.45, 2.75) is 19.7 Å². The van der Waals surface area contributed by atoms with Crippen molar-refractivity contribution in [1.82, 2.24) is 14.9 Å². The summed E-state index contributed by atoms with van der Waals surface area (Å²) in [5.41, 5.74) is 3.23. The number of ether oxygens (including phenoxy) is 1. The van der Waals surface area contributed by atoms with Crippen LogP contribution in [0.5, 0.6) is 0 Å². The van der Waals surface area contributed by atoms with Gasteiger partial charge in [-0.15, -0.1) is 4.91 Å². The summed E-state index contributed by atoms with van der Waals surface area (Å²) in [4.78, 5) is 21.9. The molecule has 0 unspecified atom stereocenters. The van der Waals surface area contributed by atoms with E-state index in [0.717, 1.165) is 23.5 Å². The number of hydrogen-bond donors (Lipinski definition) is 0. The molecule has 0 N–H and O–H groups in total. The summed E-state index contributed by atoms with van der Waals surface area (Å²) >= 11 is 0. The fourth-order valence-corrected chi connectivity index (χ4v) is 2.75. The van der Waals surface area contributed by atoms with Crippen LogP contribution in [0, 0.1) is 4.91 Å². The standard InChI is InChI=1S/C21H22N4O2/c26-24-21-10-2-1-7-18(21)17-27-14-13-25(15-19-8-3-5-11-22-19)16-20-9-4-6-12-23-20/h1-12H,13-17H2. The maximum atomic E-state index is 10.8. The number of nitrogens with zero attached hydrogens (tertiary/aromatic N) is 4. The second-order valence-corrected chi connectivity index (χ2v) is 6.13. The lowest BCUT2D eigenvalue weighted by Gasteiger charge is -2.21. The Hall–Kier alpha value is -2.96. The third-order valence-corrected chi connectivity index (χ3v) is 4.12. The Morgan fingerprint density at radius 1 is 0.852 bits per heavy atom. The van der Waals surface area contributed by atoms with Crippen molar-refractivity contribution < 1.29 is 4.74 Å². The summed E-state index contributed by atoms with van der Waals surface area (Å²) in [5, 5.41) is 3.04. The molecular weight excluding hydrogens is 340 g/mol. The lowest BCUT2D eigenvalue weighted by atomic mass is 10.2. The molecule has 0 aliphatic heterocycles. The van der Waals surface area contributed by atoms with Gasteiger partial charge in [0.1, 0.15) is 5.69 Å². The largest absolute Gasteiger partial charge is 0.375 e. The van der Waals surface area contributed by atoms with Crippen molar-refractivity contribution in [3.63, 3.8) is 0 Å². The van der Waals surface area contributed by atoms with Crippen molar-refractivity contribution in [3.05, 3.63) is 94.9 Å². The van der Waals surface area contributed by atoms with Crippen LogP contribution < -0.4 is 0 Å². The van der Waals surface area contributed by atoms with Crippen LogP contribution in [0.2, 0.25) is 0 Å². The summed E-state index contributed by atoms with van der Waals surface area (Å²) < 4.78 is 5.79. The highest BCUT2D eigenvalue weighted by Gasteiger charge is 2.09. The zero-order chi connectivity index (χ0) is 18.7. The van der Waals surface area contributed by atoms with E-state index in [1.165, 1.54) is 0 Å². The van der Waals surface area contributed by atoms with Crippen LogP contribution in [0.3, 0.4) is 0 Å². The Morgan fingerprint density at radius 3 is 2.07 bits per heavy atom. The normalized spacial score (nSPS) is 10.9. The van der Waals surface area contributed by atoms with Crippen LogP contribution in [0.15, 0.2) is 78.2 Å². The van der Waals surface area contributed by atoms with Gasteiger partial charge in [0, 0.05) is 37.6 Å². The zero-order valence-corrected chi connectivity index (χ0v) is 15.1. The molecule has 0 fully saturated rings. The predicted molar refractivity (Wildman–Crippen MR) is 104 cm³/mol. The van der Waals surface area contributed by atoms with E-state index in [4.69, 9.17) is 4.74 Å². The number of aromatic nitrogens is 2. The molecule has 0 saturated heterocycles. The monoisotopic (exact) mass is 362 g/mol. The number of nitroso groups, excluding NO2 is 1. The van der Waals surface area contributed by atoms with Gasteiger partial charge in [0.15, 0.2) is 0 Å². The first-order valence-corrected chi connectivity index (χ1v) is 8.86. The quantitative estimate of drug-likeness (QED) is 0.401. The Bertz CT molecular complexity index is 786. The molecule has 0 amide bonds. The Kier molecular flexibility index (Phi) is 7.15. The minimum Gasteiger partial charge on any atom is -0.375 e. The number of hydrogen-bond acceptors (Lipinski definition) is 6. The number of benzene rings is 1. The Labute approximate surface area is 158 Å². The second kappa shape index (κ2) is 10.3. The van der Waals surface area contributed by atoms with Crippen molar-refractivity contribution >= 4 is 5.69 Å². The predicted octanol–water partition coefficient (Wildman–Crippen LogP) is 4.09. The van der Waals surface area contributed by atoms with Gasteiger partial charge in [0.2, 0.25) is 0 Å². The van der Waals surface area contributed by atoms with Crippen molar-refractivity contribution in [3.8, 4) is 0 Å². The van der Waals surface area contributed by atoms with Gasteiger partial charge in [-0.25, -0.2) is 0 Å². The second-order valence-electron chi connectivity index (χ2n) is 6.13. The van der Waals surface area contributed by atoms with Gasteiger partial charge in [-0.1, -0.05) is 30.3 Å². The minimum absolute atomic E-state index is 0.364. The van der Waals surface area contributed by atoms with Gasteiger partial charge in [-0.3, -0.25) is 14.9 Å². The first kappa shape index (κ1) is 18.8. The van der Waals surface area contributed by atoms with Crippen LogP contribution in [0.4, 0.5) is 5.69 Å². The highest BCUT2D eigenvalue weighted by Crippen LogP contribution is 2.18. The average Bonchev–Trinajstić information content (AvgIpc) is 2.73. The number of rotatable bonds is 10. The smallest absolute Gasteiger partial charge is 0.113 e. The number of pyridine rings is 2. The third-order valence-electron chi connectivity index (χ3n) is 4.12. The van der Waals surface area contributed by atoms with Crippen LogP contribution in [-0.2, 0) is 24.4 Å². The summed E-state index contributed by atoms with van der Waals surface area (Å²) in [5.74, 6) is 0. The van der Waals surface area contributed by atoms with E-state index in [2.05, 4.69) is 20.0 Å². The third kappa shape index (κ3) is 6.06. The molecule has 138 valence electrons. The molecule has 0 saturated carbocycles. The molecule has 1 aromatic carbocycles. The first-order chi connectivity index (χ1) is 13.3. The van der Waals surface area contributed by atoms with E-state index in [0.29, 0.717) is 32.0 Å². The summed E-state index contributed by atoms with van der Waals surface area (Å²) in [7, 11) is 0. The van der Waals surface area contributed by atoms with Crippen LogP contribution in [0.25, 0.3) is 0 Å². The maximum Gasteiger partial charge on any atom is 0.113 e. The van der Waals surface area contributed by atoms with Gasteiger partial charge in [0.05, 0.1) is 24.6 Å². The molecule has 0 atom stereocenters. The Balaban J connectivity index is 1.56. The summed E-state index contributed by atoms with van der Waals surface area (Å²) in [6.45, 7) is 3.06. The van der Waals surface area contributed by atoms with E-state index in [1.807, 2.05) is 48.5 Å². The van der Waals surface area contributed by atoms with Gasteiger partial charge in [-0.05, 0) is 35.5 Å². The van der Waals surface area contributed by atoms with E-state index >= 15 is 0 Å². The lowest BCUT2D eigenvalue weighted by molar-refractivity contribution is 0.0873. The molecule has 0 spiro atoms. The molecule has 3 aromatic rings.